The lowest BCUT2D eigenvalue weighted by molar-refractivity contribution is -0.132. The molecule has 0 unspecified atom stereocenters. The smallest absolute Gasteiger partial charge is 0.352 e. The highest BCUT2D eigenvalue weighted by Crippen LogP contribution is 2.27. The summed E-state index contributed by atoms with van der Waals surface area (Å²) in [6, 6.07) is 26.0. The standard InChI is InChI=1S/C22H17NO3S/c24-21(17-7-3-1-4-8-17)23-20(22(25)26)15-16-11-13-19(14-12-16)27-18-9-5-2-6-10-18/h1-15H,(H,23,24)(H,25,26)/b20-15+. The van der Waals surface area contributed by atoms with Crippen molar-refractivity contribution in [1.29, 1.82) is 0 Å². The number of hydrogen-bond acceptors (Lipinski definition) is 3. The van der Waals surface area contributed by atoms with Crippen molar-refractivity contribution in [2.75, 3.05) is 0 Å². The molecule has 4 nitrogen and oxygen atoms in total. The lowest BCUT2D eigenvalue weighted by Gasteiger charge is -2.07. The Labute approximate surface area is 161 Å². The molecule has 2 N–H and O–H groups in total. The second-order valence-electron chi connectivity index (χ2n) is 5.67. The van der Waals surface area contributed by atoms with Crippen LogP contribution >= 0.6 is 11.8 Å². The molecule has 0 radical (unpaired) electrons. The Balaban J connectivity index is 1.74. The van der Waals surface area contributed by atoms with Crippen LogP contribution in [0.15, 0.2) is 100 Å². The van der Waals surface area contributed by atoms with E-state index in [0.717, 1.165) is 9.79 Å². The number of benzene rings is 3. The molecule has 0 spiro atoms. The van der Waals surface area contributed by atoms with Gasteiger partial charge in [-0.25, -0.2) is 4.79 Å². The Morgan fingerprint density at radius 1 is 0.778 bits per heavy atom. The maximum Gasteiger partial charge on any atom is 0.352 e. The van der Waals surface area contributed by atoms with Crippen molar-refractivity contribution in [2.45, 2.75) is 9.79 Å². The normalized spacial score (nSPS) is 11.0. The molecule has 0 aliphatic carbocycles. The Morgan fingerprint density at radius 2 is 1.33 bits per heavy atom. The fourth-order valence-corrected chi connectivity index (χ4v) is 3.20. The predicted octanol–water partition coefficient (Wildman–Crippen LogP) is 4.69. The topological polar surface area (TPSA) is 66.4 Å². The molecule has 3 aromatic rings. The predicted molar refractivity (Wildman–Crippen MR) is 107 cm³/mol. The first kappa shape index (κ1) is 18.5. The summed E-state index contributed by atoms with van der Waals surface area (Å²) >= 11 is 1.62. The number of hydrogen-bond donors (Lipinski definition) is 2. The van der Waals surface area contributed by atoms with E-state index in [1.54, 1.807) is 42.1 Å². The molecule has 1 amide bonds. The maximum atomic E-state index is 12.2. The lowest BCUT2D eigenvalue weighted by Crippen LogP contribution is -2.27. The van der Waals surface area contributed by atoms with Crippen LogP contribution in [-0.2, 0) is 4.79 Å². The molecule has 0 aliphatic rings. The van der Waals surface area contributed by atoms with Gasteiger partial charge in [0.25, 0.3) is 5.91 Å². The summed E-state index contributed by atoms with van der Waals surface area (Å²) in [6.07, 6.45) is 1.44. The lowest BCUT2D eigenvalue weighted by atomic mass is 10.1. The van der Waals surface area contributed by atoms with E-state index in [1.807, 2.05) is 54.6 Å². The number of carbonyl (C=O) groups excluding carboxylic acids is 1. The zero-order valence-corrected chi connectivity index (χ0v) is 15.1. The maximum absolute atomic E-state index is 12.2. The SMILES string of the molecule is O=C(O)/C(=C\c1ccc(Sc2ccccc2)cc1)NC(=O)c1ccccc1. The van der Waals surface area contributed by atoms with E-state index in [4.69, 9.17) is 0 Å². The minimum absolute atomic E-state index is 0.174. The molecule has 0 bridgehead atoms. The first-order chi connectivity index (χ1) is 13.1. The molecular formula is C22H17NO3S. The number of aliphatic carboxylic acids is 1. The van der Waals surface area contributed by atoms with E-state index >= 15 is 0 Å². The van der Waals surface area contributed by atoms with Crippen molar-refractivity contribution < 1.29 is 14.7 Å². The summed E-state index contributed by atoms with van der Waals surface area (Å²) in [6.45, 7) is 0. The first-order valence-corrected chi connectivity index (χ1v) is 9.08. The molecule has 3 aromatic carbocycles. The molecule has 134 valence electrons. The van der Waals surface area contributed by atoms with Gasteiger partial charge in [-0.1, -0.05) is 60.3 Å². The first-order valence-electron chi connectivity index (χ1n) is 8.26. The minimum atomic E-state index is -1.19. The van der Waals surface area contributed by atoms with Crippen molar-refractivity contribution in [3.8, 4) is 0 Å². The number of carboxylic acid groups (broad SMARTS) is 1. The minimum Gasteiger partial charge on any atom is -0.477 e. The van der Waals surface area contributed by atoms with Crippen molar-refractivity contribution >= 4 is 29.7 Å². The third kappa shape index (κ3) is 5.33. The molecule has 3 rings (SSSR count). The highest BCUT2D eigenvalue weighted by Gasteiger charge is 2.13. The molecule has 0 aliphatic heterocycles. The van der Waals surface area contributed by atoms with Crippen LogP contribution in [0, 0.1) is 0 Å². The Kier molecular flexibility index (Phi) is 6.07. The van der Waals surface area contributed by atoms with Crippen LogP contribution in [0.1, 0.15) is 15.9 Å². The highest BCUT2D eigenvalue weighted by molar-refractivity contribution is 7.99. The summed E-state index contributed by atoms with van der Waals surface area (Å²) in [5, 5.41) is 11.8. The second-order valence-corrected chi connectivity index (χ2v) is 6.81. The molecule has 0 saturated carbocycles. The Morgan fingerprint density at radius 3 is 1.93 bits per heavy atom. The third-order valence-corrected chi connectivity index (χ3v) is 4.70. The molecular weight excluding hydrogens is 358 g/mol. The van der Waals surface area contributed by atoms with E-state index in [1.165, 1.54) is 6.08 Å². The van der Waals surface area contributed by atoms with Gasteiger partial charge < -0.3 is 10.4 Å². The molecule has 27 heavy (non-hydrogen) atoms. The van der Waals surface area contributed by atoms with E-state index in [9.17, 15) is 14.7 Å². The zero-order valence-electron chi connectivity index (χ0n) is 14.3. The van der Waals surface area contributed by atoms with E-state index < -0.39 is 11.9 Å². The van der Waals surface area contributed by atoms with Crippen LogP contribution in [0.25, 0.3) is 6.08 Å². The summed E-state index contributed by atoms with van der Waals surface area (Å²) in [5.74, 6) is -1.65. The average molecular weight is 375 g/mol. The van der Waals surface area contributed by atoms with Crippen LogP contribution in [-0.4, -0.2) is 17.0 Å². The largest absolute Gasteiger partial charge is 0.477 e. The Hall–Kier alpha value is -3.31. The highest BCUT2D eigenvalue weighted by atomic mass is 32.2. The van der Waals surface area contributed by atoms with E-state index in [-0.39, 0.29) is 5.70 Å². The third-order valence-electron chi connectivity index (χ3n) is 3.68. The van der Waals surface area contributed by atoms with Crippen LogP contribution in [0.3, 0.4) is 0 Å². The van der Waals surface area contributed by atoms with Crippen molar-refractivity contribution in [3.05, 3.63) is 102 Å². The number of amides is 1. The van der Waals surface area contributed by atoms with Crippen molar-refractivity contribution in [2.24, 2.45) is 0 Å². The van der Waals surface area contributed by atoms with Crippen LogP contribution < -0.4 is 5.32 Å². The summed E-state index contributed by atoms with van der Waals surface area (Å²) in [7, 11) is 0. The van der Waals surface area contributed by atoms with Gasteiger partial charge in [0.05, 0.1) is 0 Å². The van der Waals surface area contributed by atoms with Crippen LogP contribution in [0.2, 0.25) is 0 Å². The fourth-order valence-electron chi connectivity index (χ4n) is 2.36. The molecule has 0 atom stereocenters. The van der Waals surface area contributed by atoms with Crippen LogP contribution in [0.4, 0.5) is 0 Å². The summed E-state index contributed by atoms with van der Waals surface area (Å²) in [5.41, 5.74) is 0.921. The number of nitrogens with one attached hydrogen (secondary N) is 1. The van der Waals surface area contributed by atoms with Gasteiger partial charge >= 0.3 is 5.97 Å². The van der Waals surface area contributed by atoms with Gasteiger partial charge in [-0.05, 0) is 48.0 Å². The second kappa shape index (κ2) is 8.87. The van der Waals surface area contributed by atoms with Crippen LogP contribution in [0.5, 0.6) is 0 Å². The average Bonchev–Trinajstić information content (AvgIpc) is 2.70. The molecule has 0 aromatic heterocycles. The van der Waals surface area contributed by atoms with Crippen molar-refractivity contribution in [3.63, 3.8) is 0 Å². The van der Waals surface area contributed by atoms with Gasteiger partial charge in [-0.2, -0.15) is 0 Å². The molecule has 0 heterocycles. The molecule has 5 heteroatoms. The zero-order chi connectivity index (χ0) is 19.1. The molecule has 0 saturated heterocycles. The van der Waals surface area contributed by atoms with Gasteiger partial charge in [-0.3, -0.25) is 4.79 Å². The van der Waals surface area contributed by atoms with Gasteiger partial charge in [0, 0.05) is 15.4 Å². The van der Waals surface area contributed by atoms with E-state index in [2.05, 4.69) is 5.32 Å². The van der Waals surface area contributed by atoms with Gasteiger partial charge in [0.1, 0.15) is 5.70 Å². The summed E-state index contributed by atoms with van der Waals surface area (Å²) < 4.78 is 0. The number of carboxylic acids is 1. The number of carbonyl (C=O) groups is 2. The van der Waals surface area contributed by atoms with E-state index in [0.29, 0.717) is 11.1 Å². The monoisotopic (exact) mass is 375 g/mol. The van der Waals surface area contributed by atoms with Gasteiger partial charge in [0.15, 0.2) is 0 Å². The van der Waals surface area contributed by atoms with Gasteiger partial charge in [-0.15, -0.1) is 0 Å². The molecule has 0 fully saturated rings. The van der Waals surface area contributed by atoms with Gasteiger partial charge in [0.2, 0.25) is 0 Å². The Bertz CT molecular complexity index is 952. The fraction of sp³-hybridized carbons (Fsp3) is 0. The summed E-state index contributed by atoms with van der Waals surface area (Å²) in [4.78, 5) is 25.9. The quantitative estimate of drug-likeness (QED) is 0.613. The number of rotatable bonds is 6. The van der Waals surface area contributed by atoms with Crippen molar-refractivity contribution in [1.82, 2.24) is 5.32 Å².